The molecule has 3 heteroatoms. The van der Waals surface area contributed by atoms with Crippen molar-refractivity contribution >= 4 is 5.91 Å². The van der Waals surface area contributed by atoms with Crippen molar-refractivity contribution in [2.75, 3.05) is 0 Å². The summed E-state index contributed by atoms with van der Waals surface area (Å²) in [6.07, 6.45) is 9.30. The second-order valence-electron chi connectivity index (χ2n) is 8.58. The quantitative estimate of drug-likeness (QED) is 0.768. The van der Waals surface area contributed by atoms with Crippen molar-refractivity contribution in [1.82, 2.24) is 5.32 Å². The van der Waals surface area contributed by atoms with Crippen LogP contribution in [-0.2, 0) is 4.79 Å². The molecular weight excluding hydrogens is 260 g/mol. The van der Waals surface area contributed by atoms with E-state index >= 15 is 0 Å². The number of nitrogens with one attached hydrogen (secondary N) is 1. The molecule has 2 bridgehead atoms. The Kier molecular flexibility index (Phi) is 3.84. The van der Waals surface area contributed by atoms with Gasteiger partial charge in [-0.3, -0.25) is 4.79 Å². The van der Waals surface area contributed by atoms with Crippen LogP contribution in [0.15, 0.2) is 0 Å². The van der Waals surface area contributed by atoms with Crippen LogP contribution in [0.2, 0.25) is 0 Å². The maximum Gasteiger partial charge on any atom is 0.224 e. The van der Waals surface area contributed by atoms with Crippen LogP contribution in [0.5, 0.6) is 0 Å². The summed E-state index contributed by atoms with van der Waals surface area (Å²) in [7, 11) is 0. The van der Waals surface area contributed by atoms with E-state index in [4.69, 9.17) is 5.73 Å². The summed E-state index contributed by atoms with van der Waals surface area (Å²) in [6.45, 7) is 7.18. The highest BCUT2D eigenvalue weighted by molar-refractivity contribution is 5.80. The zero-order chi connectivity index (χ0) is 15.3. The molecule has 0 heterocycles. The van der Waals surface area contributed by atoms with E-state index in [1.165, 1.54) is 25.7 Å². The molecular formula is C18H32N2O. The van der Waals surface area contributed by atoms with Crippen LogP contribution >= 0.6 is 0 Å². The fraction of sp³-hybridized carbons (Fsp3) is 0.944. The molecule has 3 aliphatic carbocycles. The van der Waals surface area contributed by atoms with E-state index in [2.05, 4.69) is 26.1 Å². The van der Waals surface area contributed by atoms with E-state index in [-0.39, 0.29) is 23.3 Å². The first-order valence-corrected chi connectivity index (χ1v) is 8.92. The average molecular weight is 292 g/mol. The largest absolute Gasteiger partial charge is 0.353 e. The summed E-state index contributed by atoms with van der Waals surface area (Å²) in [5.74, 6) is 1.05. The molecule has 3 aliphatic rings. The third-order valence-corrected chi connectivity index (χ3v) is 7.52. The van der Waals surface area contributed by atoms with E-state index in [1.54, 1.807) is 0 Å². The Bertz CT molecular complexity index is 419. The minimum atomic E-state index is 0.0401. The van der Waals surface area contributed by atoms with Crippen LogP contribution in [0.4, 0.5) is 0 Å². The molecule has 120 valence electrons. The van der Waals surface area contributed by atoms with Crippen LogP contribution in [0.25, 0.3) is 0 Å². The second-order valence-corrected chi connectivity index (χ2v) is 8.58. The highest BCUT2D eigenvalue weighted by Gasteiger charge is 2.61. The number of fused-ring (bicyclic) bond motifs is 2. The number of amides is 1. The summed E-state index contributed by atoms with van der Waals surface area (Å²) in [5, 5.41) is 3.42. The van der Waals surface area contributed by atoms with Gasteiger partial charge in [0.25, 0.3) is 0 Å². The van der Waals surface area contributed by atoms with Gasteiger partial charge in [0.2, 0.25) is 5.91 Å². The Balaban J connectivity index is 1.68. The second kappa shape index (κ2) is 5.26. The Morgan fingerprint density at radius 1 is 1.10 bits per heavy atom. The van der Waals surface area contributed by atoms with E-state index in [9.17, 15) is 4.79 Å². The van der Waals surface area contributed by atoms with Gasteiger partial charge in [0, 0.05) is 12.1 Å². The third kappa shape index (κ3) is 2.32. The maximum atomic E-state index is 12.8. The van der Waals surface area contributed by atoms with E-state index < -0.39 is 0 Å². The van der Waals surface area contributed by atoms with Crippen molar-refractivity contribution in [3.63, 3.8) is 0 Å². The molecule has 0 saturated heterocycles. The normalized spacial score (nSPS) is 45.3. The molecule has 0 radical (unpaired) electrons. The van der Waals surface area contributed by atoms with Crippen LogP contribution in [0.3, 0.4) is 0 Å². The lowest BCUT2D eigenvalue weighted by Gasteiger charge is -2.40. The lowest BCUT2D eigenvalue weighted by atomic mass is 9.69. The molecule has 0 aromatic carbocycles. The van der Waals surface area contributed by atoms with Gasteiger partial charge >= 0.3 is 0 Å². The van der Waals surface area contributed by atoms with E-state index in [0.29, 0.717) is 11.5 Å². The van der Waals surface area contributed by atoms with Crippen LogP contribution in [0, 0.1) is 22.7 Å². The first-order chi connectivity index (χ1) is 9.86. The number of hydrogen-bond donors (Lipinski definition) is 2. The molecule has 0 aliphatic heterocycles. The van der Waals surface area contributed by atoms with Crippen molar-refractivity contribution in [1.29, 1.82) is 0 Å². The highest BCUT2D eigenvalue weighted by atomic mass is 16.2. The lowest BCUT2D eigenvalue weighted by Crippen LogP contribution is -2.51. The summed E-state index contributed by atoms with van der Waals surface area (Å²) in [6, 6.07) is 0.418. The first-order valence-electron chi connectivity index (χ1n) is 8.92. The molecule has 0 spiro atoms. The van der Waals surface area contributed by atoms with Gasteiger partial charge in [-0.2, -0.15) is 0 Å². The van der Waals surface area contributed by atoms with Gasteiger partial charge in [0.15, 0.2) is 0 Å². The number of nitrogens with two attached hydrogens (primary N) is 1. The Morgan fingerprint density at radius 3 is 2.43 bits per heavy atom. The Hall–Kier alpha value is -0.570. The molecule has 3 saturated carbocycles. The van der Waals surface area contributed by atoms with Crippen molar-refractivity contribution in [2.45, 2.75) is 84.2 Å². The predicted molar refractivity (Wildman–Crippen MR) is 85.7 cm³/mol. The van der Waals surface area contributed by atoms with Gasteiger partial charge < -0.3 is 11.1 Å². The summed E-state index contributed by atoms with van der Waals surface area (Å²) in [5.41, 5.74) is 6.88. The molecule has 21 heavy (non-hydrogen) atoms. The highest BCUT2D eigenvalue weighted by Crippen LogP contribution is 2.65. The van der Waals surface area contributed by atoms with Crippen LogP contribution in [0.1, 0.15) is 72.1 Å². The van der Waals surface area contributed by atoms with Gasteiger partial charge in [-0.15, -0.1) is 0 Å². The fourth-order valence-corrected chi connectivity index (χ4v) is 5.36. The van der Waals surface area contributed by atoms with Crippen molar-refractivity contribution in [3.05, 3.63) is 0 Å². The van der Waals surface area contributed by atoms with Gasteiger partial charge in [-0.25, -0.2) is 0 Å². The first kappa shape index (κ1) is 15.3. The van der Waals surface area contributed by atoms with Crippen molar-refractivity contribution < 1.29 is 4.79 Å². The summed E-state index contributed by atoms with van der Waals surface area (Å²) >= 11 is 0. The molecule has 3 rings (SSSR count). The number of rotatable bonds is 2. The molecule has 1 amide bonds. The summed E-state index contributed by atoms with van der Waals surface area (Å²) in [4.78, 5) is 12.8. The zero-order valence-electron chi connectivity index (χ0n) is 14.0. The van der Waals surface area contributed by atoms with Gasteiger partial charge in [-0.05, 0) is 48.9 Å². The van der Waals surface area contributed by atoms with E-state index in [0.717, 1.165) is 31.6 Å². The Labute approximate surface area is 129 Å². The smallest absolute Gasteiger partial charge is 0.224 e. The molecule has 5 unspecified atom stereocenters. The topological polar surface area (TPSA) is 55.1 Å². The number of carbonyl (C=O) groups excluding carboxylic acids is 1. The minimum absolute atomic E-state index is 0.0401. The van der Waals surface area contributed by atoms with Gasteiger partial charge in [-0.1, -0.05) is 40.0 Å². The minimum Gasteiger partial charge on any atom is -0.353 e. The molecule has 3 nitrogen and oxygen atoms in total. The average Bonchev–Trinajstić information content (AvgIpc) is 2.68. The molecule has 5 atom stereocenters. The van der Waals surface area contributed by atoms with Crippen LogP contribution < -0.4 is 11.1 Å². The van der Waals surface area contributed by atoms with Crippen molar-refractivity contribution in [2.24, 2.45) is 28.4 Å². The lowest BCUT2D eigenvalue weighted by molar-refractivity contribution is -0.127. The molecule has 3 N–H and O–H groups in total. The third-order valence-electron chi connectivity index (χ3n) is 7.52. The fourth-order valence-electron chi connectivity index (χ4n) is 5.36. The SMILES string of the molecule is CC1(C)C2CCC1(C)C(NC(=O)C1CCCCCC1N)C2. The van der Waals surface area contributed by atoms with Gasteiger partial charge in [0.05, 0.1) is 5.92 Å². The standard InChI is InChI=1S/C18H32N2O/c1-17(2)12-9-10-18(17,3)15(11-12)20-16(21)13-7-5-4-6-8-14(13)19/h12-15H,4-11,19H2,1-3H3,(H,20,21). The summed E-state index contributed by atoms with van der Waals surface area (Å²) < 4.78 is 0. The molecule has 0 aromatic heterocycles. The maximum absolute atomic E-state index is 12.8. The predicted octanol–water partition coefficient (Wildman–Crippen LogP) is 3.23. The monoisotopic (exact) mass is 292 g/mol. The Morgan fingerprint density at radius 2 is 1.81 bits per heavy atom. The molecule has 3 fully saturated rings. The van der Waals surface area contributed by atoms with E-state index in [1.807, 2.05) is 0 Å². The van der Waals surface area contributed by atoms with Crippen LogP contribution in [-0.4, -0.2) is 18.0 Å². The number of carbonyl (C=O) groups is 1. The molecule has 0 aromatic rings. The number of hydrogen-bond acceptors (Lipinski definition) is 2. The zero-order valence-corrected chi connectivity index (χ0v) is 14.0. The van der Waals surface area contributed by atoms with Crippen molar-refractivity contribution in [3.8, 4) is 0 Å². The van der Waals surface area contributed by atoms with Gasteiger partial charge in [0.1, 0.15) is 0 Å².